The van der Waals surface area contributed by atoms with Crippen molar-refractivity contribution < 1.29 is 22.3 Å². The van der Waals surface area contributed by atoms with E-state index in [1.165, 1.54) is 17.0 Å². The van der Waals surface area contributed by atoms with Crippen LogP contribution < -0.4 is 13.9 Å². The van der Waals surface area contributed by atoms with Gasteiger partial charge in [0, 0.05) is 12.7 Å². The van der Waals surface area contributed by atoms with Crippen molar-refractivity contribution >= 4 is 27.3 Å². The lowest BCUT2D eigenvalue weighted by atomic mass is 10.3. The number of carbonyl (C=O) groups excluding carboxylic acids is 1. The maximum atomic E-state index is 13.4. The molecule has 0 aliphatic carbocycles. The quantitative estimate of drug-likeness (QED) is 0.527. The van der Waals surface area contributed by atoms with E-state index in [0.29, 0.717) is 23.7 Å². The van der Waals surface area contributed by atoms with Crippen LogP contribution in [-0.4, -0.2) is 34.5 Å². The molecule has 162 valence electrons. The molecule has 3 aromatic rings. The summed E-state index contributed by atoms with van der Waals surface area (Å²) >= 11 is 0. The summed E-state index contributed by atoms with van der Waals surface area (Å²) in [6, 6.07) is 19.8. The molecule has 0 unspecified atom stereocenters. The van der Waals surface area contributed by atoms with Crippen LogP contribution in [0.5, 0.6) is 5.75 Å². The van der Waals surface area contributed by atoms with Gasteiger partial charge in [-0.2, -0.15) is 0 Å². The second-order valence-electron chi connectivity index (χ2n) is 6.68. The average Bonchev–Trinajstić information content (AvgIpc) is 2.78. The summed E-state index contributed by atoms with van der Waals surface area (Å²) in [5, 5.41) is 0. The van der Waals surface area contributed by atoms with Crippen molar-refractivity contribution in [1.29, 1.82) is 0 Å². The highest BCUT2D eigenvalue weighted by Crippen LogP contribution is 2.26. The van der Waals surface area contributed by atoms with Crippen LogP contribution in [0.25, 0.3) is 0 Å². The fraction of sp³-hybridized carbons (Fsp3) is 0.174. The van der Waals surface area contributed by atoms with Crippen molar-refractivity contribution in [2.45, 2.75) is 11.8 Å². The second kappa shape index (κ2) is 9.61. The highest BCUT2D eigenvalue weighted by atomic mass is 32.2. The first-order valence-corrected chi connectivity index (χ1v) is 11.1. The first-order chi connectivity index (χ1) is 14.8. The topological polar surface area (TPSA) is 66.9 Å². The largest absolute Gasteiger partial charge is 0.494 e. The van der Waals surface area contributed by atoms with Crippen molar-refractivity contribution in [2.24, 2.45) is 0 Å². The average molecular weight is 443 g/mol. The number of carbonyl (C=O) groups is 1. The van der Waals surface area contributed by atoms with Gasteiger partial charge in [0.05, 0.1) is 17.2 Å². The highest BCUT2D eigenvalue weighted by molar-refractivity contribution is 7.92. The summed E-state index contributed by atoms with van der Waals surface area (Å²) in [5.74, 6) is -0.393. The third-order valence-corrected chi connectivity index (χ3v) is 6.42. The SMILES string of the molecule is CCOc1ccc(N(CC(=O)N(C)c2ccccc2)S(=O)(=O)c2ccc(F)cc2)cc1. The normalized spacial score (nSPS) is 11.1. The minimum absolute atomic E-state index is 0.113. The lowest BCUT2D eigenvalue weighted by Crippen LogP contribution is -2.41. The van der Waals surface area contributed by atoms with Gasteiger partial charge >= 0.3 is 0 Å². The van der Waals surface area contributed by atoms with Crippen LogP contribution in [0.1, 0.15) is 6.92 Å². The van der Waals surface area contributed by atoms with E-state index in [2.05, 4.69) is 0 Å². The molecule has 0 aromatic heterocycles. The monoisotopic (exact) mass is 442 g/mol. The number of halogens is 1. The summed E-state index contributed by atoms with van der Waals surface area (Å²) in [4.78, 5) is 14.2. The van der Waals surface area contributed by atoms with Crippen molar-refractivity contribution in [1.82, 2.24) is 0 Å². The van der Waals surface area contributed by atoms with Gasteiger partial charge in [0.1, 0.15) is 18.1 Å². The number of likely N-dealkylation sites (N-methyl/N-ethyl adjacent to an activating group) is 1. The first-order valence-electron chi connectivity index (χ1n) is 9.65. The second-order valence-corrected chi connectivity index (χ2v) is 8.54. The Kier molecular flexibility index (Phi) is 6.91. The van der Waals surface area contributed by atoms with Gasteiger partial charge in [0.2, 0.25) is 5.91 Å². The Morgan fingerprint density at radius 2 is 1.52 bits per heavy atom. The van der Waals surface area contributed by atoms with Crippen molar-refractivity contribution in [3.63, 3.8) is 0 Å². The van der Waals surface area contributed by atoms with E-state index in [4.69, 9.17) is 4.74 Å². The standard InChI is InChI=1S/C23H23FN2O4S/c1-3-30-21-13-11-20(12-14-21)26(31(28,29)22-15-9-18(24)10-16-22)17-23(27)25(2)19-7-5-4-6-8-19/h4-16H,3,17H2,1-2H3. The van der Waals surface area contributed by atoms with Gasteiger partial charge < -0.3 is 9.64 Å². The molecule has 0 saturated heterocycles. The Morgan fingerprint density at radius 3 is 2.10 bits per heavy atom. The zero-order valence-electron chi connectivity index (χ0n) is 17.2. The van der Waals surface area contributed by atoms with Crippen LogP contribution in [0, 0.1) is 5.82 Å². The molecule has 0 bridgehead atoms. The zero-order valence-corrected chi connectivity index (χ0v) is 18.0. The molecule has 0 aliphatic heterocycles. The van der Waals surface area contributed by atoms with E-state index in [1.54, 1.807) is 55.6 Å². The molecule has 3 aromatic carbocycles. The molecular formula is C23H23FN2O4S. The number of hydrogen-bond acceptors (Lipinski definition) is 4. The van der Waals surface area contributed by atoms with Crippen molar-refractivity contribution in [2.75, 3.05) is 29.4 Å². The number of sulfonamides is 1. The molecule has 0 heterocycles. The summed E-state index contributed by atoms with van der Waals surface area (Å²) < 4.78 is 46.5. The summed E-state index contributed by atoms with van der Waals surface area (Å²) in [6.45, 7) is 1.88. The van der Waals surface area contributed by atoms with Crippen LogP contribution in [-0.2, 0) is 14.8 Å². The van der Waals surface area contributed by atoms with Crippen LogP contribution in [0.3, 0.4) is 0 Å². The van der Waals surface area contributed by atoms with Gasteiger partial charge in [-0.3, -0.25) is 9.10 Å². The number of anilines is 2. The lowest BCUT2D eigenvalue weighted by Gasteiger charge is -2.27. The minimum atomic E-state index is -4.13. The number of amides is 1. The fourth-order valence-corrected chi connectivity index (χ4v) is 4.36. The van der Waals surface area contributed by atoms with Gasteiger partial charge in [-0.25, -0.2) is 12.8 Å². The summed E-state index contributed by atoms with van der Waals surface area (Å²) in [6.07, 6.45) is 0. The van der Waals surface area contributed by atoms with Crippen LogP contribution >= 0.6 is 0 Å². The number of ether oxygens (including phenoxy) is 1. The molecule has 0 N–H and O–H groups in total. The Labute approximate surface area is 181 Å². The molecular weight excluding hydrogens is 419 g/mol. The van der Waals surface area contributed by atoms with Gasteiger partial charge in [0.15, 0.2) is 0 Å². The van der Waals surface area contributed by atoms with Crippen LogP contribution in [0.4, 0.5) is 15.8 Å². The third-order valence-electron chi connectivity index (χ3n) is 4.63. The van der Waals surface area contributed by atoms with Crippen molar-refractivity contribution in [3.8, 4) is 5.75 Å². The third kappa shape index (κ3) is 5.21. The van der Waals surface area contributed by atoms with Gasteiger partial charge in [-0.15, -0.1) is 0 Å². The lowest BCUT2D eigenvalue weighted by molar-refractivity contribution is -0.116. The number of para-hydroxylation sites is 1. The number of nitrogens with zero attached hydrogens (tertiary/aromatic N) is 2. The van der Waals surface area contributed by atoms with E-state index in [-0.39, 0.29) is 4.90 Å². The maximum Gasteiger partial charge on any atom is 0.264 e. The van der Waals surface area contributed by atoms with E-state index in [9.17, 15) is 17.6 Å². The Balaban J connectivity index is 1.97. The van der Waals surface area contributed by atoms with Gasteiger partial charge in [-0.1, -0.05) is 18.2 Å². The van der Waals surface area contributed by atoms with E-state index >= 15 is 0 Å². The molecule has 0 saturated carbocycles. The Bertz CT molecular complexity index is 1120. The van der Waals surface area contributed by atoms with Crippen LogP contribution in [0.15, 0.2) is 83.8 Å². The number of rotatable bonds is 8. The minimum Gasteiger partial charge on any atom is -0.494 e. The molecule has 31 heavy (non-hydrogen) atoms. The van der Waals surface area contributed by atoms with Gasteiger partial charge in [0.25, 0.3) is 10.0 Å². The maximum absolute atomic E-state index is 13.4. The molecule has 3 rings (SSSR count). The molecule has 0 fully saturated rings. The van der Waals surface area contributed by atoms with Gasteiger partial charge in [-0.05, 0) is 67.6 Å². The predicted octanol–water partition coefficient (Wildman–Crippen LogP) is 4.08. The summed E-state index contributed by atoms with van der Waals surface area (Å²) in [5.41, 5.74) is 0.931. The zero-order chi connectivity index (χ0) is 22.4. The first kappa shape index (κ1) is 22.3. The highest BCUT2D eigenvalue weighted by Gasteiger charge is 2.28. The molecule has 0 spiro atoms. The molecule has 1 amide bonds. The molecule has 0 aliphatic rings. The van der Waals surface area contributed by atoms with E-state index < -0.39 is 28.3 Å². The molecule has 6 nitrogen and oxygen atoms in total. The van der Waals surface area contributed by atoms with E-state index in [0.717, 1.165) is 16.4 Å². The number of hydrogen-bond donors (Lipinski definition) is 0. The summed E-state index contributed by atoms with van der Waals surface area (Å²) in [7, 11) is -2.55. The fourth-order valence-electron chi connectivity index (χ4n) is 2.95. The smallest absolute Gasteiger partial charge is 0.264 e. The van der Waals surface area contributed by atoms with Crippen molar-refractivity contribution in [3.05, 3.63) is 84.7 Å². The number of benzene rings is 3. The molecule has 0 atom stereocenters. The van der Waals surface area contributed by atoms with E-state index in [1.807, 2.05) is 13.0 Å². The van der Waals surface area contributed by atoms with Crippen LogP contribution in [0.2, 0.25) is 0 Å². The Hall–Kier alpha value is -3.39. The molecule has 8 heteroatoms. The Morgan fingerprint density at radius 1 is 0.903 bits per heavy atom. The molecule has 0 radical (unpaired) electrons. The predicted molar refractivity (Wildman–Crippen MR) is 118 cm³/mol.